The highest BCUT2D eigenvalue weighted by molar-refractivity contribution is 7.99. The Morgan fingerprint density at radius 1 is 0.829 bits per heavy atom. The van der Waals surface area contributed by atoms with Gasteiger partial charge in [-0.05, 0) is 47.2 Å². The number of anilines is 1. The SMILES string of the molecule is COc1ccccc1NC(=O)c1cc2ccccc2cc1OCC(=O)NCCSc1ccccc1. The van der Waals surface area contributed by atoms with Crippen LogP contribution in [0.4, 0.5) is 5.69 Å². The monoisotopic (exact) mass is 486 g/mol. The van der Waals surface area contributed by atoms with E-state index in [1.807, 2.05) is 66.7 Å². The van der Waals surface area contributed by atoms with Crippen molar-refractivity contribution >= 4 is 40.0 Å². The number of methoxy groups -OCH3 is 1. The first-order valence-corrected chi connectivity index (χ1v) is 12.2. The summed E-state index contributed by atoms with van der Waals surface area (Å²) in [4.78, 5) is 26.7. The van der Waals surface area contributed by atoms with Crippen molar-refractivity contribution in [3.8, 4) is 11.5 Å². The number of hydrogen-bond acceptors (Lipinski definition) is 5. The Hall–Kier alpha value is -3.97. The normalized spacial score (nSPS) is 10.5. The van der Waals surface area contributed by atoms with Crippen molar-refractivity contribution in [3.63, 3.8) is 0 Å². The number of carbonyl (C=O) groups is 2. The first-order valence-electron chi connectivity index (χ1n) is 11.2. The van der Waals surface area contributed by atoms with Gasteiger partial charge in [-0.25, -0.2) is 0 Å². The molecule has 0 unspecified atom stereocenters. The van der Waals surface area contributed by atoms with Crippen LogP contribution in [0.25, 0.3) is 10.8 Å². The summed E-state index contributed by atoms with van der Waals surface area (Å²) in [5.41, 5.74) is 0.884. The minimum atomic E-state index is -0.352. The number of nitrogens with one attached hydrogen (secondary N) is 2. The number of benzene rings is 4. The van der Waals surface area contributed by atoms with Crippen molar-refractivity contribution in [1.82, 2.24) is 5.32 Å². The largest absolute Gasteiger partial charge is 0.495 e. The second-order valence-electron chi connectivity index (χ2n) is 7.65. The minimum Gasteiger partial charge on any atom is -0.495 e. The predicted octanol–water partition coefficient (Wildman–Crippen LogP) is 5.39. The maximum absolute atomic E-state index is 13.2. The average Bonchev–Trinajstić information content (AvgIpc) is 2.90. The maximum atomic E-state index is 13.2. The molecule has 0 bridgehead atoms. The Balaban J connectivity index is 1.42. The molecule has 7 heteroatoms. The standard InChI is InChI=1S/C28H26N2O4S/c1-33-25-14-8-7-13-24(25)30-28(32)23-17-20-9-5-6-10-21(20)18-26(23)34-19-27(31)29-15-16-35-22-11-3-2-4-12-22/h2-14,17-18H,15-16,19H2,1H3,(H,29,31)(H,30,32). The lowest BCUT2D eigenvalue weighted by Crippen LogP contribution is -2.31. The van der Waals surface area contributed by atoms with Crippen LogP contribution in [0.2, 0.25) is 0 Å². The molecule has 4 aromatic rings. The predicted molar refractivity (Wildman–Crippen MR) is 141 cm³/mol. The van der Waals surface area contributed by atoms with E-state index in [0.717, 1.165) is 21.4 Å². The van der Waals surface area contributed by atoms with Crippen molar-refractivity contribution in [2.24, 2.45) is 0 Å². The van der Waals surface area contributed by atoms with E-state index in [1.54, 1.807) is 43.1 Å². The Morgan fingerprint density at radius 2 is 1.51 bits per heavy atom. The van der Waals surface area contributed by atoms with Crippen LogP contribution in [0.15, 0.2) is 95.9 Å². The molecule has 4 rings (SSSR count). The summed E-state index contributed by atoms with van der Waals surface area (Å²) in [6.45, 7) is 0.323. The average molecular weight is 487 g/mol. The number of amides is 2. The first-order chi connectivity index (χ1) is 17.1. The van der Waals surface area contributed by atoms with Gasteiger partial charge in [0.2, 0.25) is 0 Å². The lowest BCUT2D eigenvalue weighted by molar-refractivity contribution is -0.122. The molecule has 2 N–H and O–H groups in total. The van der Waals surface area contributed by atoms with Crippen molar-refractivity contribution in [2.75, 3.05) is 31.3 Å². The van der Waals surface area contributed by atoms with Gasteiger partial charge >= 0.3 is 0 Å². The third kappa shape index (κ3) is 6.55. The molecule has 0 spiro atoms. The van der Waals surface area contributed by atoms with E-state index in [4.69, 9.17) is 9.47 Å². The van der Waals surface area contributed by atoms with Gasteiger partial charge < -0.3 is 20.1 Å². The Morgan fingerprint density at radius 3 is 2.29 bits per heavy atom. The summed E-state index contributed by atoms with van der Waals surface area (Å²) in [5, 5.41) is 7.55. The van der Waals surface area contributed by atoms with Crippen LogP contribution < -0.4 is 20.1 Å². The van der Waals surface area contributed by atoms with E-state index in [0.29, 0.717) is 29.3 Å². The highest BCUT2D eigenvalue weighted by Gasteiger charge is 2.17. The summed E-state index contributed by atoms with van der Waals surface area (Å²) in [7, 11) is 1.55. The summed E-state index contributed by atoms with van der Waals surface area (Å²) in [6.07, 6.45) is 0. The lowest BCUT2D eigenvalue weighted by atomic mass is 10.1. The minimum absolute atomic E-state index is 0.191. The van der Waals surface area contributed by atoms with E-state index in [2.05, 4.69) is 10.6 Å². The van der Waals surface area contributed by atoms with Crippen molar-refractivity contribution in [2.45, 2.75) is 4.90 Å². The van der Waals surface area contributed by atoms with Gasteiger partial charge in [0.1, 0.15) is 11.5 Å². The topological polar surface area (TPSA) is 76.7 Å². The molecule has 2 amide bonds. The van der Waals surface area contributed by atoms with E-state index in [-0.39, 0.29) is 18.4 Å². The zero-order valence-corrected chi connectivity index (χ0v) is 20.1. The van der Waals surface area contributed by atoms with Gasteiger partial charge in [-0.1, -0.05) is 54.6 Å². The lowest BCUT2D eigenvalue weighted by Gasteiger charge is -2.15. The molecular weight excluding hydrogens is 460 g/mol. The third-order valence-corrected chi connectivity index (χ3v) is 6.26. The molecule has 35 heavy (non-hydrogen) atoms. The molecule has 0 atom stereocenters. The van der Waals surface area contributed by atoms with Gasteiger partial charge in [-0.15, -0.1) is 11.8 Å². The Bertz CT molecular complexity index is 1310. The van der Waals surface area contributed by atoms with Gasteiger partial charge in [-0.2, -0.15) is 0 Å². The number of rotatable bonds is 10. The zero-order chi connectivity index (χ0) is 24.5. The Labute approximate surface area is 208 Å². The van der Waals surface area contributed by atoms with Crippen LogP contribution in [0.5, 0.6) is 11.5 Å². The molecule has 0 fully saturated rings. The molecule has 0 aliphatic carbocycles. The fraction of sp³-hybridized carbons (Fsp3) is 0.143. The summed E-state index contributed by atoms with van der Waals surface area (Å²) >= 11 is 1.67. The van der Waals surface area contributed by atoms with Crippen LogP contribution in [0.3, 0.4) is 0 Å². The molecule has 0 saturated heterocycles. The second kappa shape index (κ2) is 11.9. The Kier molecular flexibility index (Phi) is 8.25. The molecule has 4 aromatic carbocycles. The number of carbonyl (C=O) groups excluding carboxylic acids is 2. The van der Waals surface area contributed by atoms with E-state index in [9.17, 15) is 9.59 Å². The second-order valence-corrected chi connectivity index (χ2v) is 8.82. The number of hydrogen-bond donors (Lipinski definition) is 2. The fourth-order valence-corrected chi connectivity index (χ4v) is 4.31. The molecular formula is C28H26N2O4S. The smallest absolute Gasteiger partial charge is 0.259 e. The van der Waals surface area contributed by atoms with E-state index in [1.165, 1.54) is 0 Å². The highest BCUT2D eigenvalue weighted by Crippen LogP contribution is 2.29. The van der Waals surface area contributed by atoms with E-state index >= 15 is 0 Å². The van der Waals surface area contributed by atoms with Crippen LogP contribution in [0.1, 0.15) is 10.4 Å². The molecule has 6 nitrogen and oxygen atoms in total. The number of para-hydroxylation sites is 2. The first kappa shape index (κ1) is 24.2. The van der Waals surface area contributed by atoms with Crippen LogP contribution in [0, 0.1) is 0 Å². The van der Waals surface area contributed by atoms with E-state index < -0.39 is 0 Å². The van der Waals surface area contributed by atoms with Crippen molar-refractivity contribution in [1.29, 1.82) is 0 Å². The maximum Gasteiger partial charge on any atom is 0.259 e. The number of ether oxygens (including phenoxy) is 2. The number of fused-ring (bicyclic) bond motifs is 1. The van der Waals surface area contributed by atoms with Crippen molar-refractivity contribution in [3.05, 3.63) is 96.6 Å². The molecule has 0 saturated carbocycles. The van der Waals surface area contributed by atoms with Crippen LogP contribution >= 0.6 is 11.8 Å². The highest BCUT2D eigenvalue weighted by atomic mass is 32.2. The molecule has 0 aliphatic heterocycles. The van der Waals surface area contributed by atoms with Gasteiger partial charge in [-0.3, -0.25) is 9.59 Å². The third-order valence-electron chi connectivity index (χ3n) is 5.24. The molecule has 0 aliphatic rings. The van der Waals surface area contributed by atoms with Crippen LogP contribution in [-0.2, 0) is 4.79 Å². The van der Waals surface area contributed by atoms with Gasteiger partial charge in [0.15, 0.2) is 6.61 Å². The molecule has 178 valence electrons. The van der Waals surface area contributed by atoms with Crippen LogP contribution in [-0.4, -0.2) is 37.8 Å². The van der Waals surface area contributed by atoms with Gasteiger partial charge in [0.25, 0.3) is 11.8 Å². The molecule has 0 heterocycles. The van der Waals surface area contributed by atoms with Gasteiger partial charge in [0, 0.05) is 17.2 Å². The molecule has 0 aromatic heterocycles. The van der Waals surface area contributed by atoms with Crippen molar-refractivity contribution < 1.29 is 19.1 Å². The molecule has 0 radical (unpaired) electrons. The number of thioether (sulfide) groups is 1. The van der Waals surface area contributed by atoms with Gasteiger partial charge in [0.05, 0.1) is 18.4 Å². The fourth-order valence-electron chi connectivity index (χ4n) is 3.52. The quantitative estimate of drug-likeness (QED) is 0.232. The summed E-state index contributed by atoms with van der Waals surface area (Å²) in [6, 6.07) is 28.4. The summed E-state index contributed by atoms with van der Waals surface area (Å²) in [5.74, 6) is 1.04. The summed E-state index contributed by atoms with van der Waals surface area (Å²) < 4.78 is 11.2. The zero-order valence-electron chi connectivity index (χ0n) is 19.3.